The molecule has 130 valence electrons. The van der Waals surface area contributed by atoms with Gasteiger partial charge >= 0.3 is 0 Å². The van der Waals surface area contributed by atoms with Crippen molar-refractivity contribution in [2.45, 2.75) is 40.5 Å². The van der Waals surface area contributed by atoms with Crippen LogP contribution in [0, 0.1) is 11.8 Å². The van der Waals surface area contributed by atoms with E-state index in [0.29, 0.717) is 11.8 Å². The lowest BCUT2D eigenvalue weighted by Gasteiger charge is -2.12. The highest BCUT2D eigenvalue weighted by Gasteiger charge is 2.12. The molecular weight excluding hydrogens is 302 g/mol. The normalized spacial score (nSPS) is 15.1. The van der Waals surface area contributed by atoms with Gasteiger partial charge in [-0.15, -0.1) is 0 Å². The Morgan fingerprint density at radius 1 is 1.29 bits per heavy atom. The molecule has 4 nitrogen and oxygen atoms in total. The lowest BCUT2D eigenvalue weighted by molar-refractivity contribution is 0.104. The number of aromatic hydroxyl groups is 1. The third-order valence-electron chi connectivity index (χ3n) is 3.92. The molecule has 0 aliphatic rings. The summed E-state index contributed by atoms with van der Waals surface area (Å²) in [6.45, 7) is 8.68. The van der Waals surface area contributed by atoms with E-state index in [2.05, 4.69) is 31.8 Å². The summed E-state index contributed by atoms with van der Waals surface area (Å²) in [5.74, 6) is 0.385. The van der Waals surface area contributed by atoms with Gasteiger partial charge < -0.3 is 10.1 Å². The Labute approximate surface area is 143 Å². The van der Waals surface area contributed by atoms with Crippen LogP contribution in [0.3, 0.4) is 0 Å². The molecule has 0 fully saturated rings. The lowest BCUT2D eigenvalue weighted by Crippen LogP contribution is -2.15. The second-order valence-corrected chi connectivity index (χ2v) is 6.29. The summed E-state index contributed by atoms with van der Waals surface area (Å²) >= 11 is 0. The largest absolute Gasteiger partial charge is 0.507 e. The molecule has 24 heavy (non-hydrogen) atoms. The number of hydrogen-bond donors (Lipinski definition) is 2. The molecule has 0 aliphatic heterocycles. The van der Waals surface area contributed by atoms with Gasteiger partial charge in [0.1, 0.15) is 11.3 Å². The van der Waals surface area contributed by atoms with Crippen LogP contribution in [0.2, 0.25) is 0 Å². The van der Waals surface area contributed by atoms with Crippen molar-refractivity contribution in [2.24, 2.45) is 11.8 Å². The van der Waals surface area contributed by atoms with Gasteiger partial charge in [-0.1, -0.05) is 57.1 Å². The Balaban J connectivity index is 2.67. The Bertz CT molecular complexity index is 695. The fraction of sp³-hybridized carbons (Fsp3) is 0.400. The lowest BCUT2D eigenvalue weighted by atomic mass is 9.94. The third kappa shape index (κ3) is 6.41. The predicted molar refractivity (Wildman–Crippen MR) is 98.3 cm³/mol. The van der Waals surface area contributed by atoms with Crippen LogP contribution in [-0.2, 0) is 0 Å². The molecule has 1 aromatic rings. The number of rotatable bonds is 8. The number of nitrogens with one attached hydrogen (secondary N) is 1. The Kier molecular flexibility index (Phi) is 7.96. The quantitative estimate of drug-likeness (QED) is 0.422. The minimum absolute atomic E-state index is 0.239. The number of carbonyl (C=O) groups excluding carboxylic acids is 1. The van der Waals surface area contributed by atoms with Crippen molar-refractivity contribution in [1.82, 2.24) is 4.98 Å². The molecule has 0 aliphatic carbocycles. The van der Waals surface area contributed by atoms with Crippen molar-refractivity contribution in [3.05, 3.63) is 64.1 Å². The standard InChI is InChI=1S/C20H27NO3/c1-5-14(2)12-16(4)13-15(3)8-6-7-9-17(22)19-18(23)10-11-21-20(19)24/h6-11,13-14,16H,5,12H2,1-4H3,(H2,21,23,24)/b8-6+,9-7+,15-13+/t14-,16-/m1/s1. The van der Waals surface area contributed by atoms with Gasteiger partial charge in [-0.25, -0.2) is 0 Å². The zero-order valence-corrected chi connectivity index (χ0v) is 14.9. The minimum atomic E-state index is -0.594. The minimum Gasteiger partial charge on any atom is -0.507 e. The Morgan fingerprint density at radius 3 is 2.58 bits per heavy atom. The van der Waals surface area contributed by atoms with E-state index >= 15 is 0 Å². The van der Waals surface area contributed by atoms with Crippen LogP contribution in [0.4, 0.5) is 0 Å². The van der Waals surface area contributed by atoms with Gasteiger partial charge in [0.2, 0.25) is 0 Å². The highest BCUT2D eigenvalue weighted by molar-refractivity contribution is 6.06. The summed E-state index contributed by atoms with van der Waals surface area (Å²) in [5.41, 5.74) is 0.295. The molecular formula is C20H27NO3. The summed E-state index contributed by atoms with van der Waals surface area (Å²) in [5, 5.41) is 9.60. The van der Waals surface area contributed by atoms with E-state index in [0.717, 1.165) is 12.0 Å². The van der Waals surface area contributed by atoms with Gasteiger partial charge in [0.25, 0.3) is 5.56 Å². The van der Waals surface area contributed by atoms with Crippen molar-refractivity contribution in [3.63, 3.8) is 0 Å². The van der Waals surface area contributed by atoms with Crippen molar-refractivity contribution in [2.75, 3.05) is 0 Å². The Morgan fingerprint density at radius 2 is 1.96 bits per heavy atom. The van der Waals surface area contributed by atoms with Crippen molar-refractivity contribution in [3.8, 4) is 5.75 Å². The maximum atomic E-state index is 11.9. The highest BCUT2D eigenvalue weighted by Crippen LogP contribution is 2.17. The molecule has 2 atom stereocenters. The van der Waals surface area contributed by atoms with Gasteiger partial charge in [0, 0.05) is 6.20 Å². The maximum Gasteiger partial charge on any atom is 0.262 e. The van der Waals surface area contributed by atoms with Crippen LogP contribution >= 0.6 is 0 Å². The summed E-state index contributed by atoms with van der Waals surface area (Å²) < 4.78 is 0. The summed E-state index contributed by atoms with van der Waals surface area (Å²) in [6.07, 6.45) is 12.4. The molecule has 1 aromatic heterocycles. The summed E-state index contributed by atoms with van der Waals surface area (Å²) in [4.78, 5) is 25.9. The number of hydrogen-bond acceptors (Lipinski definition) is 3. The topological polar surface area (TPSA) is 70.2 Å². The molecule has 1 rings (SSSR count). The first-order valence-corrected chi connectivity index (χ1v) is 8.33. The second-order valence-electron chi connectivity index (χ2n) is 6.29. The van der Waals surface area contributed by atoms with E-state index < -0.39 is 11.3 Å². The zero-order chi connectivity index (χ0) is 18.1. The van der Waals surface area contributed by atoms with Crippen LogP contribution in [0.1, 0.15) is 50.9 Å². The van der Waals surface area contributed by atoms with Crippen molar-refractivity contribution in [1.29, 1.82) is 0 Å². The molecule has 2 N–H and O–H groups in total. The predicted octanol–water partition coefficient (Wildman–Crippen LogP) is 4.39. The molecule has 1 heterocycles. The summed E-state index contributed by atoms with van der Waals surface area (Å²) in [6, 6.07) is 1.28. The molecule has 0 radical (unpaired) electrons. The van der Waals surface area contributed by atoms with Gasteiger partial charge in [-0.05, 0) is 37.3 Å². The molecule has 0 saturated heterocycles. The van der Waals surface area contributed by atoms with E-state index in [-0.39, 0.29) is 11.3 Å². The van der Waals surface area contributed by atoms with Crippen LogP contribution in [0.15, 0.2) is 53.0 Å². The number of carbonyl (C=O) groups is 1. The van der Waals surface area contributed by atoms with E-state index in [1.807, 2.05) is 13.0 Å². The average Bonchev–Trinajstić information content (AvgIpc) is 2.51. The van der Waals surface area contributed by atoms with Crippen LogP contribution in [0.5, 0.6) is 5.75 Å². The van der Waals surface area contributed by atoms with Crippen molar-refractivity contribution >= 4 is 5.78 Å². The van der Waals surface area contributed by atoms with Gasteiger partial charge in [-0.2, -0.15) is 0 Å². The number of allylic oxidation sites excluding steroid dienone is 6. The monoisotopic (exact) mass is 329 g/mol. The Hall–Kier alpha value is -2.36. The average molecular weight is 329 g/mol. The maximum absolute atomic E-state index is 11.9. The number of H-pyrrole nitrogens is 1. The van der Waals surface area contributed by atoms with E-state index in [9.17, 15) is 14.7 Å². The molecule has 0 unspecified atom stereocenters. The van der Waals surface area contributed by atoms with Gasteiger partial charge in [0.05, 0.1) is 0 Å². The first kappa shape index (κ1) is 19.7. The zero-order valence-electron chi connectivity index (χ0n) is 14.9. The first-order valence-electron chi connectivity index (χ1n) is 8.33. The fourth-order valence-electron chi connectivity index (χ4n) is 2.51. The van der Waals surface area contributed by atoms with E-state index in [4.69, 9.17) is 0 Å². The van der Waals surface area contributed by atoms with Crippen LogP contribution < -0.4 is 5.56 Å². The molecule has 4 heteroatoms. The number of aromatic amines is 1. The molecule has 0 saturated carbocycles. The SMILES string of the molecule is CC[C@@H](C)C[C@@H](C)/C=C(C)/C=C/C=C/C(=O)c1c(O)cc[nH]c1=O. The molecule has 0 spiro atoms. The second kappa shape index (κ2) is 9.71. The van der Waals surface area contributed by atoms with E-state index in [1.165, 1.54) is 24.8 Å². The first-order chi connectivity index (χ1) is 11.3. The van der Waals surface area contributed by atoms with Crippen LogP contribution in [-0.4, -0.2) is 15.9 Å². The fourth-order valence-corrected chi connectivity index (χ4v) is 2.51. The van der Waals surface area contributed by atoms with E-state index in [1.54, 1.807) is 12.2 Å². The highest BCUT2D eigenvalue weighted by atomic mass is 16.3. The van der Waals surface area contributed by atoms with Gasteiger partial charge in [0.15, 0.2) is 5.78 Å². The van der Waals surface area contributed by atoms with Crippen molar-refractivity contribution < 1.29 is 9.90 Å². The number of ketones is 1. The summed E-state index contributed by atoms with van der Waals surface area (Å²) in [7, 11) is 0. The third-order valence-corrected chi connectivity index (χ3v) is 3.92. The molecule has 0 bridgehead atoms. The number of aromatic nitrogens is 1. The molecule has 0 aromatic carbocycles. The van der Waals surface area contributed by atoms with Crippen LogP contribution in [0.25, 0.3) is 0 Å². The number of pyridine rings is 1. The molecule has 0 amide bonds. The van der Waals surface area contributed by atoms with Gasteiger partial charge in [-0.3, -0.25) is 9.59 Å². The smallest absolute Gasteiger partial charge is 0.262 e.